The number of sulfonamides is 1. The van der Waals surface area contributed by atoms with Crippen molar-refractivity contribution in [2.24, 2.45) is 0 Å². The Hall–Kier alpha value is -1.49. The second-order valence-corrected chi connectivity index (χ2v) is 9.82. The number of nitrogens with one attached hydrogen (secondary N) is 1. The monoisotopic (exact) mass is 473 g/mol. The maximum absolute atomic E-state index is 12.5. The van der Waals surface area contributed by atoms with E-state index in [0.717, 1.165) is 50.2 Å². The molecule has 1 aliphatic rings. The van der Waals surface area contributed by atoms with Gasteiger partial charge >= 0.3 is 0 Å². The van der Waals surface area contributed by atoms with E-state index in [-0.39, 0.29) is 14.9 Å². The Bertz CT molecular complexity index is 1020. The molecule has 0 atom stereocenters. The van der Waals surface area contributed by atoms with E-state index in [1.807, 2.05) is 0 Å². The molecule has 30 heavy (non-hydrogen) atoms. The first kappa shape index (κ1) is 23.2. The van der Waals surface area contributed by atoms with E-state index in [4.69, 9.17) is 23.2 Å². The maximum Gasteiger partial charge on any atom is 0.291 e. The average Bonchev–Trinajstić information content (AvgIpc) is 2.73. The fraction of sp³-hybridized carbons (Fsp3) is 0.474. The summed E-state index contributed by atoms with van der Waals surface area (Å²) in [5.74, 6) is 0. The van der Waals surface area contributed by atoms with Crippen LogP contribution in [0.4, 0.5) is 0 Å². The van der Waals surface area contributed by atoms with Crippen molar-refractivity contribution in [1.82, 2.24) is 24.3 Å². The first-order chi connectivity index (χ1) is 14.3. The van der Waals surface area contributed by atoms with E-state index in [0.29, 0.717) is 12.2 Å². The standard InChI is InChI=1S/C19H25Cl2N5O3S/c1-24-10-12-25(13-11-24)9-3-2-8-23-30(28,29)16-6-4-15(5-7-16)26-19(27)18(21)17(20)14-22-26/h4-7,14,23H,2-3,8-13H2,1H3. The highest BCUT2D eigenvalue weighted by molar-refractivity contribution is 7.89. The molecule has 1 fully saturated rings. The number of likely N-dealkylation sites (N-methyl/N-ethyl adjacent to an activating group) is 1. The van der Waals surface area contributed by atoms with E-state index in [1.165, 1.54) is 30.5 Å². The van der Waals surface area contributed by atoms with Crippen molar-refractivity contribution >= 4 is 33.2 Å². The van der Waals surface area contributed by atoms with E-state index >= 15 is 0 Å². The summed E-state index contributed by atoms with van der Waals surface area (Å²) in [4.78, 5) is 17.0. The van der Waals surface area contributed by atoms with Crippen molar-refractivity contribution in [3.05, 3.63) is 50.9 Å². The van der Waals surface area contributed by atoms with Crippen LogP contribution >= 0.6 is 23.2 Å². The number of rotatable bonds is 8. The molecule has 0 bridgehead atoms. The third-order valence-electron chi connectivity index (χ3n) is 5.06. The van der Waals surface area contributed by atoms with Gasteiger partial charge in [0.2, 0.25) is 10.0 Å². The van der Waals surface area contributed by atoms with Crippen LogP contribution in [0.2, 0.25) is 10.0 Å². The minimum Gasteiger partial charge on any atom is -0.304 e. The van der Waals surface area contributed by atoms with Crippen molar-refractivity contribution in [1.29, 1.82) is 0 Å². The van der Waals surface area contributed by atoms with Gasteiger partial charge in [-0.05, 0) is 50.7 Å². The fourth-order valence-corrected chi connectivity index (χ4v) is 4.51. The van der Waals surface area contributed by atoms with Gasteiger partial charge in [-0.1, -0.05) is 23.2 Å². The Morgan fingerprint density at radius 3 is 2.40 bits per heavy atom. The zero-order chi connectivity index (χ0) is 21.7. The number of unbranched alkanes of at least 4 members (excludes halogenated alkanes) is 1. The highest BCUT2D eigenvalue weighted by Gasteiger charge is 2.16. The predicted molar refractivity (Wildman–Crippen MR) is 118 cm³/mol. The molecule has 1 saturated heterocycles. The molecule has 0 radical (unpaired) electrons. The van der Waals surface area contributed by atoms with Gasteiger partial charge in [-0.15, -0.1) is 0 Å². The second kappa shape index (κ2) is 10.2. The molecule has 0 saturated carbocycles. The molecule has 0 spiro atoms. The van der Waals surface area contributed by atoms with Crippen LogP contribution in [-0.2, 0) is 10.0 Å². The number of halogens is 2. The lowest BCUT2D eigenvalue weighted by molar-refractivity contribution is 0.152. The van der Waals surface area contributed by atoms with Crippen LogP contribution in [-0.4, -0.2) is 74.3 Å². The van der Waals surface area contributed by atoms with Gasteiger partial charge < -0.3 is 9.80 Å². The lowest BCUT2D eigenvalue weighted by atomic mass is 10.2. The molecule has 11 heteroatoms. The average molecular weight is 474 g/mol. The largest absolute Gasteiger partial charge is 0.304 e. The summed E-state index contributed by atoms with van der Waals surface area (Å²) in [5.41, 5.74) is -0.178. The number of benzene rings is 1. The van der Waals surface area contributed by atoms with Crippen LogP contribution < -0.4 is 10.3 Å². The van der Waals surface area contributed by atoms with Gasteiger partial charge in [0, 0.05) is 32.7 Å². The van der Waals surface area contributed by atoms with Crippen molar-refractivity contribution in [3.63, 3.8) is 0 Å². The SMILES string of the molecule is CN1CCN(CCCCNS(=O)(=O)c2ccc(-n3ncc(Cl)c(Cl)c3=O)cc2)CC1. The van der Waals surface area contributed by atoms with Crippen LogP contribution in [0, 0.1) is 0 Å². The second-order valence-electron chi connectivity index (χ2n) is 7.27. The first-order valence-corrected chi connectivity index (χ1v) is 12.0. The molecular weight excluding hydrogens is 449 g/mol. The van der Waals surface area contributed by atoms with E-state index < -0.39 is 15.6 Å². The number of piperazine rings is 1. The van der Waals surface area contributed by atoms with Crippen molar-refractivity contribution < 1.29 is 8.42 Å². The summed E-state index contributed by atoms with van der Waals surface area (Å²) < 4.78 is 28.7. The molecule has 1 aromatic carbocycles. The predicted octanol–water partition coefficient (Wildman–Crippen LogP) is 1.85. The zero-order valence-electron chi connectivity index (χ0n) is 16.7. The Morgan fingerprint density at radius 1 is 1.07 bits per heavy atom. The van der Waals surface area contributed by atoms with E-state index in [2.05, 4.69) is 26.7 Å². The Labute approximate surface area is 186 Å². The number of nitrogens with zero attached hydrogens (tertiary/aromatic N) is 4. The third-order valence-corrected chi connectivity index (χ3v) is 7.28. The molecule has 2 heterocycles. The first-order valence-electron chi connectivity index (χ1n) is 9.72. The van der Waals surface area contributed by atoms with Gasteiger partial charge in [-0.25, -0.2) is 13.1 Å². The van der Waals surface area contributed by atoms with Gasteiger partial charge in [-0.3, -0.25) is 4.79 Å². The van der Waals surface area contributed by atoms with Gasteiger partial charge in [0.25, 0.3) is 5.56 Å². The molecule has 8 nitrogen and oxygen atoms in total. The lowest BCUT2D eigenvalue weighted by Gasteiger charge is -2.32. The number of hydrogen-bond donors (Lipinski definition) is 1. The molecule has 0 unspecified atom stereocenters. The molecule has 2 aromatic rings. The summed E-state index contributed by atoms with van der Waals surface area (Å²) in [6, 6.07) is 5.86. The summed E-state index contributed by atoms with van der Waals surface area (Å²) in [7, 11) is -1.50. The quantitative estimate of drug-likeness (QED) is 0.588. The van der Waals surface area contributed by atoms with Crippen molar-refractivity contribution in [2.45, 2.75) is 17.7 Å². The maximum atomic E-state index is 12.5. The van der Waals surface area contributed by atoms with Gasteiger partial charge in [-0.2, -0.15) is 9.78 Å². The van der Waals surface area contributed by atoms with Crippen molar-refractivity contribution in [2.75, 3.05) is 46.3 Å². The fourth-order valence-electron chi connectivity index (χ4n) is 3.18. The van der Waals surface area contributed by atoms with E-state index in [9.17, 15) is 13.2 Å². The molecule has 0 amide bonds. The van der Waals surface area contributed by atoms with Crippen molar-refractivity contribution in [3.8, 4) is 5.69 Å². The molecule has 1 aromatic heterocycles. The zero-order valence-corrected chi connectivity index (χ0v) is 19.0. The Morgan fingerprint density at radius 2 is 1.73 bits per heavy atom. The summed E-state index contributed by atoms with van der Waals surface area (Å²) in [6.07, 6.45) is 2.98. The molecule has 1 N–H and O–H groups in total. The smallest absolute Gasteiger partial charge is 0.291 e. The van der Waals surface area contributed by atoms with Crippen LogP contribution in [0.5, 0.6) is 0 Å². The highest BCUT2D eigenvalue weighted by atomic mass is 35.5. The third kappa shape index (κ3) is 5.81. The lowest BCUT2D eigenvalue weighted by Crippen LogP contribution is -2.44. The molecule has 0 aliphatic carbocycles. The number of aromatic nitrogens is 2. The topological polar surface area (TPSA) is 87.5 Å². The summed E-state index contributed by atoms with van der Waals surface area (Å²) >= 11 is 11.6. The Kier molecular flexibility index (Phi) is 7.89. The minimum atomic E-state index is -3.62. The summed E-state index contributed by atoms with van der Waals surface area (Å²) in [5, 5.41) is 3.86. The summed E-state index contributed by atoms with van der Waals surface area (Å²) in [6.45, 7) is 5.64. The molecular formula is C19H25Cl2N5O3S. The highest BCUT2D eigenvalue weighted by Crippen LogP contribution is 2.17. The van der Waals surface area contributed by atoms with E-state index in [1.54, 1.807) is 0 Å². The van der Waals surface area contributed by atoms with Crippen LogP contribution in [0.25, 0.3) is 5.69 Å². The molecule has 1 aliphatic heterocycles. The van der Waals surface area contributed by atoms with Crippen LogP contribution in [0.1, 0.15) is 12.8 Å². The molecule has 3 rings (SSSR count). The van der Waals surface area contributed by atoms with Gasteiger partial charge in [0.1, 0.15) is 5.02 Å². The Balaban J connectivity index is 1.53. The minimum absolute atomic E-state index is 0.0638. The molecule has 164 valence electrons. The number of hydrogen-bond acceptors (Lipinski definition) is 6. The van der Waals surface area contributed by atoms with Crippen LogP contribution in [0.15, 0.2) is 40.2 Å². The van der Waals surface area contributed by atoms with Gasteiger partial charge in [0.15, 0.2) is 0 Å². The van der Waals surface area contributed by atoms with Crippen LogP contribution in [0.3, 0.4) is 0 Å². The normalized spacial score (nSPS) is 16.1. The van der Waals surface area contributed by atoms with Gasteiger partial charge in [0.05, 0.1) is 21.8 Å².